The molecule has 0 saturated carbocycles. The maximum atomic E-state index is 14.0. The number of fused-ring (bicyclic) bond motifs is 3. The van der Waals surface area contributed by atoms with Crippen LogP contribution in [0.15, 0.2) is 55.0 Å². The van der Waals surface area contributed by atoms with Crippen molar-refractivity contribution < 1.29 is 4.39 Å². The van der Waals surface area contributed by atoms with Crippen LogP contribution >= 0.6 is 11.3 Å². The van der Waals surface area contributed by atoms with Crippen LogP contribution in [0.3, 0.4) is 0 Å². The maximum absolute atomic E-state index is 14.0. The molecular formula is C16H9FN2S. The van der Waals surface area contributed by atoms with Crippen molar-refractivity contribution in [3.63, 3.8) is 0 Å². The Labute approximate surface area is 118 Å². The van der Waals surface area contributed by atoms with E-state index in [9.17, 15) is 4.39 Å². The molecule has 0 aliphatic carbocycles. The van der Waals surface area contributed by atoms with Crippen molar-refractivity contribution in [1.29, 1.82) is 0 Å². The molecule has 0 amide bonds. The van der Waals surface area contributed by atoms with Gasteiger partial charge in [-0.3, -0.25) is 9.97 Å². The number of benzene rings is 1. The minimum absolute atomic E-state index is 0.271. The monoisotopic (exact) mass is 280 g/mol. The van der Waals surface area contributed by atoms with Gasteiger partial charge in [0, 0.05) is 33.4 Å². The molecule has 96 valence electrons. The summed E-state index contributed by atoms with van der Waals surface area (Å²) in [6.45, 7) is 0. The lowest BCUT2D eigenvalue weighted by Crippen LogP contribution is -1.82. The Balaban J connectivity index is 2.14. The normalized spacial score (nSPS) is 11.2. The van der Waals surface area contributed by atoms with E-state index in [1.54, 1.807) is 23.7 Å². The van der Waals surface area contributed by atoms with E-state index in [1.807, 2.05) is 36.4 Å². The van der Waals surface area contributed by atoms with E-state index in [2.05, 4.69) is 9.97 Å². The van der Waals surface area contributed by atoms with Crippen LogP contribution in [0.1, 0.15) is 0 Å². The number of halogens is 1. The van der Waals surface area contributed by atoms with Crippen LogP contribution in [0.25, 0.3) is 31.4 Å². The Morgan fingerprint density at radius 3 is 2.80 bits per heavy atom. The molecule has 2 nitrogen and oxygen atoms in total. The number of hydrogen-bond donors (Lipinski definition) is 0. The summed E-state index contributed by atoms with van der Waals surface area (Å²) in [4.78, 5) is 8.32. The first-order valence-corrected chi connectivity index (χ1v) is 7.02. The molecule has 0 atom stereocenters. The van der Waals surface area contributed by atoms with E-state index in [0.717, 1.165) is 26.0 Å². The van der Waals surface area contributed by atoms with Crippen molar-refractivity contribution in [1.82, 2.24) is 9.97 Å². The molecule has 0 fully saturated rings. The highest BCUT2D eigenvalue weighted by Gasteiger charge is 2.13. The highest BCUT2D eigenvalue weighted by atomic mass is 32.1. The molecule has 3 aromatic heterocycles. The van der Waals surface area contributed by atoms with Gasteiger partial charge < -0.3 is 0 Å². The lowest BCUT2D eigenvalue weighted by Gasteiger charge is -2.01. The lowest BCUT2D eigenvalue weighted by atomic mass is 10.1. The van der Waals surface area contributed by atoms with Crippen molar-refractivity contribution >= 4 is 31.5 Å². The number of aromatic nitrogens is 2. The second-order valence-corrected chi connectivity index (χ2v) is 5.55. The molecule has 4 heteroatoms. The quantitative estimate of drug-likeness (QED) is 0.507. The minimum atomic E-state index is -0.271. The first-order valence-electron chi connectivity index (χ1n) is 6.21. The number of thiophene rings is 1. The smallest absolute Gasteiger partial charge is 0.150 e. The van der Waals surface area contributed by atoms with Crippen LogP contribution in [0.4, 0.5) is 4.39 Å². The topological polar surface area (TPSA) is 25.8 Å². The van der Waals surface area contributed by atoms with Crippen molar-refractivity contribution in [2.45, 2.75) is 0 Å². The van der Waals surface area contributed by atoms with Crippen molar-refractivity contribution in [3.05, 3.63) is 60.8 Å². The summed E-state index contributed by atoms with van der Waals surface area (Å²) >= 11 is 1.55. The Bertz CT molecular complexity index is 916. The molecule has 0 N–H and O–H groups in total. The van der Waals surface area contributed by atoms with Gasteiger partial charge in [0.05, 0.1) is 16.6 Å². The fourth-order valence-electron chi connectivity index (χ4n) is 2.43. The van der Waals surface area contributed by atoms with Gasteiger partial charge in [-0.1, -0.05) is 24.3 Å². The minimum Gasteiger partial charge on any atom is -0.260 e. The predicted octanol–water partition coefficient (Wildman–Crippen LogP) is 4.65. The average molecular weight is 280 g/mol. The van der Waals surface area contributed by atoms with E-state index in [0.29, 0.717) is 5.39 Å². The summed E-state index contributed by atoms with van der Waals surface area (Å²) in [6.07, 6.45) is 4.75. The van der Waals surface area contributed by atoms with Crippen molar-refractivity contribution in [3.8, 4) is 11.3 Å². The fraction of sp³-hybridized carbons (Fsp3) is 0. The van der Waals surface area contributed by atoms with Gasteiger partial charge >= 0.3 is 0 Å². The van der Waals surface area contributed by atoms with E-state index in [1.165, 1.54) is 6.20 Å². The molecule has 0 aliphatic heterocycles. The summed E-state index contributed by atoms with van der Waals surface area (Å²) in [6, 6.07) is 11.7. The van der Waals surface area contributed by atoms with Gasteiger partial charge in [0.2, 0.25) is 0 Å². The first kappa shape index (κ1) is 11.5. The zero-order chi connectivity index (χ0) is 13.5. The molecule has 3 heterocycles. The summed E-state index contributed by atoms with van der Waals surface area (Å²) < 4.78 is 15.9. The highest BCUT2D eigenvalue weighted by Crippen LogP contribution is 2.39. The van der Waals surface area contributed by atoms with E-state index >= 15 is 0 Å². The van der Waals surface area contributed by atoms with Gasteiger partial charge in [0.15, 0.2) is 5.82 Å². The van der Waals surface area contributed by atoms with E-state index < -0.39 is 0 Å². The molecule has 1 aromatic carbocycles. The SMILES string of the molecule is Fc1cncc2sc3c(-c4ccccn4)cccc3c12. The molecule has 0 radical (unpaired) electrons. The van der Waals surface area contributed by atoms with Gasteiger partial charge in [0.25, 0.3) is 0 Å². The second-order valence-electron chi connectivity index (χ2n) is 4.49. The third kappa shape index (κ3) is 1.62. The lowest BCUT2D eigenvalue weighted by molar-refractivity contribution is 0.635. The fourth-order valence-corrected chi connectivity index (χ4v) is 3.64. The summed E-state index contributed by atoms with van der Waals surface area (Å²) in [5.74, 6) is -0.271. The molecule has 0 saturated heterocycles. The third-order valence-electron chi connectivity index (χ3n) is 3.30. The third-order valence-corrected chi connectivity index (χ3v) is 4.48. The molecule has 0 aliphatic rings. The first-order chi connectivity index (χ1) is 9.84. The Hall–Kier alpha value is -2.33. The van der Waals surface area contributed by atoms with E-state index in [4.69, 9.17) is 0 Å². The maximum Gasteiger partial charge on any atom is 0.150 e. The molecule has 4 rings (SSSR count). The molecule has 4 aromatic rings. The van der Waals surface area contributed by atoms with Gasteiger partial charge in [-0.05, 0) is 12.1 Å². The summed E-state index contributed by atoms with van der Waals surface area (Å²) in [5, 5.41) is 1.57. The summed E-state index contributed by atoms with van der Waals surface area (Å²) in [5.41, 5.74) is 1.93. The van der Waals surface area contributed by atoms with Gasteiger partial charge in [-0.2, -0.15) is 0 Å². The summed E-state index contributed by atoms with van der Waals surface area (Å²) in [7, 11) is 0. The van der Waals surface area contributed by atoms with Gasteiger partial charge in [0.1, 0.15) is 0 Å². The molecule has 0 bridgehead atoms. The second kappa shape index (κ2) is 4.35. The van der Waals surface area contributed by atoms with Crippen LogP contribution in [0.5, 0.6) is 0 Å². The zero-order valence-corrected chi connectivity index (χ0v) is 11.2. The van der Waals surface area contributed by atoms with Crippen LogP contribution < -0.4 is 0 Å². The van der Waals surface area contributed by atoms with Gasteiger partial charge in [-0.15, -0.1) is 11.3 Å². The Kier molecular flexibility index (Phi) is 2.50. The van der Waals surface area contributed by atoms with Crippen LogP contribution in [-0.2, 0) is 0 Å². The van der Waals surface area contributed by atoms with Crippen LogP contribution in [0.2, 0.25) is 0 Å². The standard InChI is InChI=1S/C16H9FN2S/c17-12-8-18-9-14-15(12)11-5-3-4-10(16(11)20-14)13-6-1-2-7-19-13/h1-9H. The molecular weight excluding hydrogens is 271 g/mol. The number of nitrogens with zero attached hydrogens (tertiary/aromatic N) is 2. The molecule has 20 heavy (non-hydrogen) atoms. The zero-order valence-electron chi connectivity index (χ0n) is 10.4. The predicted molar refractivity (Wildman–Crippen MR) is 80.3 cm³/mol. The number of rotatable bonds is 1. The van der Waals surface area contributed by atoms with Gasteiger partial charge in [-0.25, -0.2) is 4.39 Å². The Morgan fingerprint density at radius 1 is 1.00 bits per heavy atom. The highest BCUT2D eigenvalue weighted by molar-refractivity contribution is 7.26. The molecule has 0 unspecified atom stereocenters. The van der Waals surface area contributed by atoms with Crippen molar-refractivity contribution in [2.75, 3.05) is 0 Å². The van der Waals surface area contributed by atoms with Crippen molar-refractivity contribution in [2.24, 2.45) is 0 Å². The Morgan fingerprint density at radius 2 is 1.95 bits per heavy atom. The van der Waals surface area contributed by atoms with E-state index in [-0.39, 0.29) is 5.82 Å². The largest absolute Gasteiger partial charge is 0.260 e. The van der Waals surface area contributed by atoms with Crippen LogP contribution in [-0.4, -0.2) is 9.97 Å². The number of hydrogen-bond acceptors (Lipinski definition) is 3. The molecule has 0 spiro atoms. The average Bonchev–Trinajstić information content (AvgIpc) is 2.88. The number of pyridine rings is 2. The van der Waals surface area contributed by atoms with Crippen LogP contribution in [0, 0.1) is 5.82 Å².